The number of ether oxygens (including phenoxy) is 1. The van der Waals surface area contributed by atoms with Crippen molar-refractivity contribution in [3.8, 4) is 0 Å². The third-order valence-corrected chi connectivity index (χ3v) is 3.64. The van der Waals surface area contributed by atoms with Crippen molar-refractivity contribution in [2.45, 2.75) is 0 Å². The van der Waals surface area contributed by atoms with E-state index in [1.165, 1.54) is 6.07 Å². The molecule has 5 nitrogen and oxygen atoms in total. The van der Waals surface area contributed by atoms with Crippen LogP contribution in [-0.2, 0) is 9.53 Å². The number of hydrogen-bond acceptors (Lipinski definition) is 4. The lowest BCUT2D eigenvalue weighted by Crippen LogP contribution is -2.21. The molecule has 1 heterocycles. The van der Waals surface area contributed by atoms with E-state index in [0.29, 0.717) is 17.0 Å². The normalized spacial score (nSPS) is 10.6. The molecule has 0 aliphatic heterocycles. The zero-order valence-electron chi connectivity index (χ0n) is 13.1. The summed E-state index contributed by atoms with van der Waals surface area (Å²) in [6.45, 7) is -0.649. The van der Waals surface area contributed by atoms with Crippen LogP contribution < -0.4 is 5.32 Å². The van der Waals surface area contributed by atoms with E-state index < -0.39 is 30.1 Å². The summed E-state index contributed by atoms with van der Waals surface area (Å²) < 4.78 is 31.3. The van der Waals surface area contributed by atoms with E-state index in [1.807, 2.05) is 0 Å². The molecule has 1 amide bonds. The minimum Gasteiger partial charge on any atom is -0.452 e. The minimum atomic E-state index is -0.934. The molecule has 0 bridgehead atoms. The number of para-hydroxylation sites is 1. The predicted octanol–water partition coefficient (Wildman–Crippen LogP) is 3.96. The Morgan fingerprint density at radius 2 is 1.88 bits per heavy atom. The van der Waals surface area contributed by atoms with Crippen molar-refractivity contribution >= 4 is 40.1 Å². The fourth-order valence-electron chi connectivity index (χ4n) is 2.30. The zero-order valence-corrected chi connectivity index (χ0v) is 13.9. The third kappa shape index (κ3) is 3.94. The number of amides is 1. The first kappa shape index (κ1) is 17.8. The summed E-state index contributed by atoms with van der Waals surface area (Å²) in [7, 11) is 0. The number of benzene rings is 2. The summed E-state index contributed by atoms with van der Waals surface area (Å²) in [5.41, 5.74) is 0.441. The molecule has 1 N–H and O–H groups in total. The highest BCUT2D eigenvalue weighted by molar-refractivity contribution is 6.30. The van der Waals surface area contributed by atoms with Gasteiger partial charge in [0.1, 0.15) is 16.8 Å². The summed E-state index contributed by atoms with van der Waals surface area (Å²) in [6, 6.07) is 10.8. The van der Waals surface area contributed by atoms with E-state index in [9.17, 15) is 18.4 Å². The van der Waals surface area contributed by atoms with Crippen molar-refractivity contribution < 1.29 is 23.1 Å². The molecule has 0 aliphatic rings. The van der Waals surface area contributed by atoms with Crippen LogP contribution in [0.4, 0.5) is 14.5 Å². The molecule has 0 saturated carbocycles. The average Bonchev–Trinajstić information content (AvgIpc) is 2.61. The van der Waals surface area contributed by atoms with Gasteiger partial charge in [-0.05, 0) is 24.3 Å². The summed E-state index contributed by atoms with van der Waals surface area (Å²) in [5.74, 6) is -3.25. The number of nitrogens with one attached hydrogen (secondary N) is 1. The molecule has 0 saturated heterocycles. The number of hydrogen-bond donors (Lipinski definition) is 1. The van der Waals surface area contributed by atoms with Crippen LogP contribution in [0.15, 0.2) is 48.5 Å². The SMILES string of the molecule is O=C(COC(=O)c1cc(Cl)nc2ccccc12)Nc1ccc(F)cc1F. The zero-order chi connectivity index (χ0) is 18.7. The van der Waals surface area contributed by atoms with E-state index in [0.717, 1.165) is 12.1 Å². The lowest BCUT2D eigenvalue weighted by Gasteiger charge is -2.09. The molecule has 0 fully saturated rings. The molecule has 0 aliphatic carbocycles. The van der Waals surface area contributed by atoms with Gasteiger partial charge in [-0.2, -0.15) is 0 Å². The van der Waals surface area contributed by atoms with Gasteiger partial charge in [0, 0.05) is 11.5 Å². The number of nitrogens with zero attached hydrogens (tertiary/aromatic N) is 1. The highest BCUT2D eigenvalue weighted by atomic mass is 35.5. The van der Waals surface area contributed by atoms with Crippen LogP contribution in [0.3, 0.4) is 0 Å². The number of aromatic nitrogens is 1. The maximum atomic E-state index is 13.5. The van der Waals surface area contributed by atoms with Gasteiger partial charge in [-0.15, -0.1) is 0 Å². The van der Waals surface area contributed by atoms with Crippen LogP contribution in [0.25, 0.3) is 10.9 Å². The first-order valence-electron chi connectivity index (χ1n) is 7.41. The first-order valence-corrected chi connectivity index (χ1v) is 7.79. The van der Waals surface area contributed by atoms with E-state index in [-0.39, 0.29) is 16.4 Å². The van der Waals surface area contributed by atoms with Gasteiger partial charge in [-0.1, -0.05) is 29.8 Å². The second-order valence-corrected chi connectivity index (χ2v) is 5.65. The van der Waals surface area contributed by atoms with Gasteiger partial charge in [0.15, 0.2) is 6.61 Å². The molecular weight excluding hydrogens is 366 g/mol. The standard InChI is InChI=1S/C18H11ClF2N2O3/c19-16-8-12(11-3-1-2-4-14(11)22-16)18(25)26-9-17(24)23-15-6-5-10(20)7-13(15)21/h1-8H,9H2,(H,23,24). The number of carbonyl (C=O) groups excluding carboxylic acids is 2. The summed E-state index contributed by atoms with van der Waals surface area (Å²) >= 11 is 5.90. The summed E-state index contributed by atoms with van der Waals surface area (Å²) in [6.07, 6.45) is 0. The maximum absolute atomic E-state index is 13.5. The molecule has 0 radical (unpaired) electrons. The number of pyridine rings is 1. The molecule has 132 valence electrons. The number of esters is 1. The number of carbonyl (C=O) groups is 2. The van der Waals surface area contributed by atoms with Gasteiger partial charge >= 0.3 is 5.97 Å². The largest absolute Gasteiger partial charge is 0.452 e. The second-order valence-electron chi connectivity index (χ2n) is 5.26. The smallest absolute Gasteiger partial charge is 0.339 e. The van der Waals surface area contributed by atoms with Crippen LogP contribution in [0.1, 0.15) is 10.4 Å². The van der Waals surface area contributed by atoms with Gasteiger partial charge in [0.2, 0.25) is 0 Å². The van der Waals surface area contributed by atoms with Crippen molar-refractivity contribution in [2.24, 2.45) is 0 Å². The van der Waals surface area contributed by atoms with Gasteiger partial charge in [-0.25, -0.2) is 18.6 Å². The van der Waals surface area contributed by atoms with E-state index in [2.05, 4.69) is 10.3 Å². The Bertz CT molecular complexity index is 1010. The average molecular weight is 377 g/mol. The van der Waals surface area contributed by atoms with Crippen molar-refractivity contribution in [1.82, 2.24) is 4.98 Å². The van der Waals surface area contributed by atoms with E-state index >= 15 is 0 Å². The Kier molecular flexibility index (Phi) is 5.09. The third-order valence-electron chi connectivity index (χ3n) is 3.44. The molecule has 0 spiro atoms. The number of anilines is 1. The minimum absolute atomic E-state index is 0.105. The highest BCUT2D eigenvalue weighted by Gasteiger charge is 2.16. The molecule has 0 unspecified atom stereocenters. The quantitative estimate of drug-likeness (QED) is 0.552. The molecule has 3 rings (SSSR count). The van der Waals surface area contributed by atoms with Crippen LogP contribution in [0, 0.1) is 11.6 Å². The first-order chi connectivity index (χ1) is 12.4. The molecule has 0 atom stereocenters. The van der Waals surface area contributed by atoms with Gasteiger partial charge < -0.3 is 10.1 Å². The summed E-state index contributed by atoms with van der Waals surface area (Å²) in [5, 5.41) is 2.82. The van der Waals surface area contributed by atoms with Gasteiger partial charge in [0.05, 0.1) is 16.8 Å². The Morgan fingerprint density at radius 1 is 1.12 bits per heavy atom. The Balaban J connectivity index is 1.70. The Morgan fingerprint density at radius 3 is 2.65 bits per heavy atom. The lowest BCUT2D eigenvalue weighted by atomic mass is 10.1. The van der Waals surface area contributed by atoms with Crippen molar-refractivity contribution in [1.29, 1.82) is 0 Å². The van der Waals surface area contributed by atoms with E-state index in [4.69, 9.17) is 16.3 Å². The molecule has 8 heteroatoms. The fourth-order valence-corrected chi connectivity index (χ4v) is 2.50. The number of rotatable bonds is 4. The Hall–Kier alpha value is -3.06. The molecule has 26 heavy (non-hydrogen) atoms. The van der Waals surface area contributed by atoms with E-state index in [1.54, 1.807) is 24.3 Å². The van der Waals surface area contributed by atoms with Crippen molar-refractivity contribution in [3.05, 3.63) is 70.9 Å². The summed E-state index contributed by atoms with van der Waals surface area (Å²) in [4.78, 5) is 28.2. The fraction of sp³-hybridized carbons (Fsp3) is 0.0556. The van der Waals surface area contributed by atoms with Crippen molar-refractivity contribution in [2.75, 3.05) is 11.9 Å². The van der Waals surface area contributed by atoms with Gasteiger partial charge in [0.25, 0.3) is 5.91 Å². The van der Waals surface area contributed by atoms with Crippen LogP contribution in [0.2, 0.25) is 5.15 Å². The van der Waals surface area contributed by atoms with Crippen LogP contribution in [-0.4, -0.2) is 23.5 Å². The number of fused-ring (bicyclic) bond motifs is 1. The molecule has 1 aromatic heterocycles. The lowest BCUT2D eigenvalue weighted by molar-refractivity contribution is -0.119. The second kappa shape index (κ2) is 7.45. The highest BCUT2D eigenvalue weighted by Crippen LogP contribution is 2.21. The Labute approximate surface area is 151 Å². The predicted molar refractivity (Wildman–Crippen MR) is 92.0 cm³/mol. The molecule has 3 aromatic rings. The maximum Gasteiger partial charge on any atom is 0.339 e. The topological polar surface area (TPSA) is 68.3 Å². The monoisotopic (exact) mass is 376 g/mol. The van der Waals surface area contributed by atoms with Crippen LogP contribution >= 0.6 is 11.6 Å². The van der Waals surface area contributed by atoms with Crippen LogP contribution in [0.5, 0.6) is 0 Å². The van der Waals surface area contributed by atoms with Crippen molar-refractivity contribution in [3.63, 3.8) is 0 Å². The molecule has 2 aromatic carbocycles. The molecular formula is C18H11ClF2N2O3. The number of halogens is 3. The van der Waals surface area contributed by atoms with Gasteiger partial charge in [-0.3, -0.25) is 4.79 Å².